The Balaban J connectivity index is 3.90. The topological polar surface area (TPSA) is 58.9 Å². The second-order valence-corrected chi connectivity index (χ2v) is 6.10. The number of aliphatic imine (C=N–C) groups is 2. The largest absolute Gasteiger partial charge is 0.236 e. The fraction of sp³-hybridized carbons (Fsp3) is 0.750. The zero-order valence-electron chi connectivity index (χ0n) is 8.26. The number of hydrogen-bond donors (Lipinski definition) is 0. The van der Waals surface area contributed by atoms with Gasteiger partial charge in [0.1, 0.15) is 10.7 Å². The van der Waals surface area contributed by atoms with Crippen molar-refractivity contribution in [3.63, 3.8) is 0 Å². The van der Waals surface area contributed by atoms with Crippen molar-refractivity contribution in [1.82, 2.24) is 0 Å². The Morgan fingerprint density at radius 2 is 1.29 bits per heavy atom. The first-order chi connectivity index (χ1) is 6.60. The lowest BCUT2D eigenvalue weighted by molar-refractivity contribution is 0.562. The van der Waals surface area contributed by atoms with Gasteiger partial charge < -0.3 is 0 Å². The molecular formula is C8H12N2O2S2. The molecule has 78 valence electrons. The molecule has 0 spiro atoms. The van der Waals surface area contributed by atoms with Crippen molar-refractivity contribution in [2.75, 3.05) is 0 Å². The second-order valence-electron chi connectivity index (χ2n) is 2.48. The summed E-state index contributed by atoms with van der Waals surface area (Å²) < 4.78 is 0.217. The van der Waals surface area contributed by atoms with E-state index in [9.17, 15) is 9.59 Å². The Morgan fingerprint density at radius 1 is 0.929 bits per heavy atom. The van der Waals surface area contributed by atoms with E-state index in [0.717, 1.165) is 0 Å². The van der Waals surface area contributed by atoms with Crippen molar-refractivity contribution in [3.8, 4) is 0 Å². The fourth-order valence-corrected chi connectivity index (χ4v) is 3.33. The smallest absolute Gasteiger partial charge is 0.211 e. The third kappa shape index (κ3) is 6.92. The molecule has 0 aromatic carbocycles. The molecule has 2 unspecified atom stereocenters. The van der Waals surface area contributed by atoms with Crippen LogP contribution in [-0.2, 0) is 9.59 Å². The van der Waals surface area contributed by atoms with Crippen LogP contribution in [0.2, 0.25) is 0 Å². The minimum atomic E-state index is -0.109. The predicted molar refractivity (Wildman–Crippen MR) is 59.8 cm³/mol. The van der Waals surface area contributed by atoms with Crippen LogP contribution in [0.1, 0.15) is 20.8 Å². The molecule has 2 atom stereocenters. The highest BCUT2D eigenvalue weighted by Gasteiger charge is 2.11. The Morgan fingerprint density at radius 3 is 1.57 bits per heavy atom. The van der Waals surface area contributed by atoms with E-state index < -0.39 is 0 Å². The minimum Gasteiger partial charge on any atom is -0.211 e. The zero-order valence-corrected chi connectivity index (χ0v) is 9.89. The Kier molecular flexibility index (Phi) is 7.52. The molecule has 0 bridgehead atoms. The van der Waals surface area contributed by atoms with E-state index in [1.807, 2.05) is 20.8 Å². The highest BCUT2D eigenvalue weighted by molar-refractivity contribution is 8.17. The molecule has 0 N–H and O–H groups in total. The molecule has 0 aliphatic heterocycles. The third-order valence-corrected chi connectivity index (χ3v) is 3.68. The van der Waals surface area contributed by atoms with E-state index >= 15 is 0 Å². The van der Waals surface area contributed by atoms with Crippen molar-refractivity contribution >= 4 is 35.7 Å². The lowest BCUT2D eigenvalue weighted by Crippen LogP contribution is -2.03. The van der Waals surface area contributed by atoms with E-state index in [1.54, 1.807) is 0 Å². The molecule has 0 heterocycles. The van der Waals surface area contributed by atoms with Crippen molar-refractivity contribution in [2.24, 2.45) is 9.98 Å². The van der Waals surface area contributed by atoms with Gasteiger partial charge in [0.25, 0.3) is 0 Å². The molecule has 0 aliphatic carbocycles. The standard InChI is InChI=1S/C8H12N2O2S2/c1-6(9-4-11)13-8(3)14-7(2)10-5-12/h6-8H,1-3H3. The monoisotopic (exact) mass is 232 g/mol. The summed E-state index contributed by atoms with van der Waals surface area (Å²) in [6, 6.07) is 0. The van der Waals surface area contributed by atoms with E-state index in [1.165, 1.54) is 35.7 Å². The first-order valence-corrected chi connectivity index (χ1v) is 5.93. The summed E-state index contributed by atoms with van der Waals surface area (Å²) in [7, 11) is 0. The van der Waals surface area contributed by atoms with Gasteiger partial charge in [-0.25, -0.2) is 9.59 Å². The second kappa shape index (κ2) is 7.83. The van der Waals surface area contributed by atoms with Crippen LogP contribution in [0.3, 0.4) is 0 Å². The molecule has 0 aliphatic rings. The summed E-state index contributed by atoms with van der Waals surface area (Å²) in [6.07, 6.45) is 3.02. The molecule has 0 saturated heterocycles. The van der Waals surface area contributed by atoms with Gasteiger partial charge in [-0.2, -0.15) is 9.98 Å². The number of carbonyl (C=O) groups excluding carboxylic acids is 2. The highest BCUT2D eigenvalue weighted by Crippen LogP contribution is 2.30. The minimum absolute atomic E-state index is 0.109. The predicted octanol–water partition coefficient (Wildman–Crippen LogP) is 2.16. The first-order valence-electron chi connectivity index (χ1n) is 4.05. The summed E-state index contributed by atoms with van der Waals surface area (Å²) in [5.41, 5.74) is 0. The molecular weight excluding hydrogens is 220 g/mol. The lowest BCUT2D eigenvalue weighted by atomic mass is 10.8. The maximum atomic E-state index is 9.94. The van der Waals surface area contributed by atoms with Crippen LogP contribution < -0.4 is 0 Å². The van der Waals surface area contributed by atoms with Gasteiger partial charge in [0.2, 0.25) is 12.2 Å². The lowest BCUT2D eigenvalue weighted by Gasteiger charge is -2.13. The summed E-state index contributed by atoms with van der Waals surface area (Å²) in [4.78, 5) is 27.0. The average molecular weight is 232 g/mol. The molecule has 0 radical (unpaired) electrons. The fourth-order valence-electron chi connectivity index (χ4n) is 0.796. The van der Waals surface area contributed by atoms with Gasteiger partial charge in [-0.1, -0.05) is 0 Å². The maximum absolute atomic E-state index is 9.94. The van der Waals surface area contributed by atoms with Crippen molar-refractivity contribution < 1.29 is 9.59 Å². The molecule has 0 amide bonds. The molecule has 14 heavy (non-hydrogen) atoms. The van der Waals surface area contributed by atoms with Crippen molar-refractivity contribution in [2.45, 2.75) is 36.1 Å². The van der Waals surface area contributed by atoms with Gasteiger partial charge in [-0.05, 0) is 20.8 Å². The molecule has 4 nitrogen and oxygen atoms in total. The van der Waals surface area contributed by atoms with Crippen LogP contribution in [0.15, 0.2) is 9.98 Å². The van der Waals surface area contributed by atoms with Crippen LogP contribution in [0, 0.1) is 0 Å². The third-order valence-electron chi connectivity index (χ3n) is 1.25. The van der Waals surface area contributed by atoms with Gasteiger partial charge in [0.15, 0.2) is 0 Å². The molecule has 0 saturated carbocycles. The summed E-state index contributed by atoms with van der Waals surface area (Å²) in [6.45, 7) is 5.61. The summed E-state index contributed by atoms with van der Waals surface area (Å²) in [5.74, 6) is 0. The average Bonchev–Trinajstić information content (AvgIpc) is 2.03. The number of thioether (sulfide) groups is 2. The Hall–Kier alpha value is -0.540. The summed E-state index contributed by atoms with van der Waals surface area (Å²) in [5, 5.41) is -0.218. The van der Waals surface area contributed by atoms with Crippen LogP contribution in [-0.4, -0.2) is 27.5 Å². The van der Waals surface area contributed by atoms with E-state index in [4.69, 9.17) is 0 Å². The molecule has 6 heteroatoms. The number of isocyanates is 2. The van der Waals surface area contributed by atoms with Crippen molar-refractivity contribution in [1.29, 1.82) is 0 Å². The SMILES string of the molecule is CC(N=C=O)SC(C)SC(C)N=C=O. The van der Waals surface area contributed by atoms with Crippen LogP contribution in [0.25, 0.3) is 0 Å². The summed E-state index contributed by atoms with van der Waals surface area (Å²) >= 11 is 3.04. The van der Waals surface area contributed by atoms with Gasteiger partial charge in [-0.3, -0.25) is 0 Å². The van der Waals surface area contributed by atoms with E-state index in [-0.39, 0.29) is 15.3 Å². The molecule has 0 rings (SSSR count). The Labute approximate surface area is 91.7 Å². The van der Waals surface area contributed by atoms with Crippen LogP contribution in [0.4, 0.5) is 0 Å². The molecule has 0 aromatic heterocycles. The normalized spacial score (nSPS) is 15.9. The van der Waals surface area contributed by atoms with Gasteiger partial charge in [0, 0.05) is 0 Å². The van der Waals surface area contributed by atoms with Gasteiger partial charge in [0.05, 0.1) is 4.58 Å². The van der Waals surface area contributed by atoms with Crippen molar-refractivity contribution in [3.05, 3.63) is 0 Å². The van der Waals surface area contributed by atoms with Crippen LogP contribution >= 0.6 is 23.5 Å². The van der Waals surface area contributed by atoms with Gasteiger partial charge >= 0.3 is 0 Å². The number of rotatable bonds is 6. The van der Waals surface area contributed by atoms with Crippen LogP contribution in [0.5, 0.6) is 0 Å². The van der Waals surface area contributed by atoms with E-state index in [2.05, 4.69) is 9.98 Å². The number of nitrogens with zero attached hydrogens (tertiary/aromatic N) is 2. The van der Waals surface area contributed by atoms with Gasteiger partial charge in [-0.15, -0.1) is 23.5 Å². The first kappa shape index (κ1) is 13.5. The zero-order chi connectivity index (χ0) is 11.0. The molecule has 0 fully saturated rings. The quantitative estimate of drug-likeness (QED) is 0.400. The molecule has 0 aromatic rings. The van der Waals surface area contributed by atoms with E-state index in [0.29, 0.717) is 0 Å². The Bertz CT molecular complexity index is 234. The number of hydrogen-bond acceptors (Lipinski definition) is 6. The highest BCUT2D eigenvalue weighted by atomic mass is 32.2. The maximum Gasteiger partial charge on any atom is 0.236 e.